The molecule has 2 atom stereocenters. The molecule has 0 aliphatic carbocycles. The first-order chi connectivity index (χ1) is 15.2. The fourth-order valence-electron chi connectivity index (χ4n) is 4.29. The zero-order valence-electron chi connectivity index (χ0n) is 19.6. The molecule has 1 saturated heterocycles. The lowest BCUT2D eigenvalue weighted by Gasteiger charge is -2.35. The number of hydrogen-bond donors (Lipinski definition) is 0. The van der Waals surface area contributed by atoms with E-state index in [9.17, 15) is 9.59 Å². The average molecular weight is 438 g/mol. The van der Waals surface area contributed by atoms with Gasteiger partial charge in [-0.15, -0.1) is 0 Å². The Morgan fingerprint density at radius 3 is 2.47 bits per heavy atom. The highest BCUT2D eigenvalue weighted by Crippen LogP contribution is 2.24. The Labute approximate surface area is 187 Å². The molecule has 1 aliphatic heterocycles. The Morgan fingerprint density at radius 2 is 1.84 bits per heavy atom. The first kappa shape index (κ1) is 22.2. The van der Waals surface area contributed by atoms with E-state index in [4.69, 9.17) is 4.74 Å². The van der Waals surface area contributed by atoms with Crippen molar-refractivity contribution < 1.29 is 9.53 Å². The van der Waals surface area contributed by atoms with Crippen molar-refractivity contribution in [3.8, 4) is 5.69 Å². The smallest absolute Gasteiger partial charge is 0.293 e. The maximum Gasteiger partial charge on any atom is 0.293 e. The summed E-state index contributed by atoms with van der Waals surface area (Å²) >= 11 is 0. The molecule has 8 nitrogen and oxygen atoms in total. The van der Waals surface area contributed by atoms with E-state index >= 15 is 0 Å². The van der Waals surface area contributed by atoms with Gasteiger partial charge in [0.1, 0.15) is 12.1 Å². The first-order valence-corrected chi connectivity index (χ1v) is 11.1. The van der Waals surface area contributed by atoms with Gasteiger partial charge in [0.25, 0.3) is 5.56 Å². The summed E-state index contributed by atoms with van der Waals surface area (Å²) in [5.74, 6) is -0.0619. The number of hydrogen-bond acceptors (Lipinski definition) is 5. The molecule has 170 valence electrons. The van der Waals surface area contributed by atoms with E-state index in [0.29, 0.717) is 18.6 Å². The molecule has 1 aromatic carbocycles. The topological polar surface area (TPSA) is 82.2 Å². The minimum Gasteiger partial charge on any atom is -0.372 e. The van der Waals surface area contributed by atoms with Crippen LogP contribution in [-0.2, 0) is 16.1 Å². The number of rotatable bonds is 4. The number of amides is 1. The second-order valence-electron chi connectivity index (χ2n) is 9.15. The molecule has 0 radical (unpaired) electrons. The van der Waals surface area contributed by atoms with Crippen LogP contribution in [0.1, 0.15) is 50.4 Å². The van der Waals surface area contributed by atoms with Gasteiger partial charge in [-0.2, -0.15) is 10.2 Å². The zero-order valence-corrected chi connectivity index (χ0v) is 19.6. The molecule has 0 saturated carbocycles. The molecule has 2 aromatic heterocycles. The van der Waals surface area contributed by atoms with Gasteiger partial charge < -0.3 is 9.64 Å². The van der Waals surface area contributed by atoms with Crippen molar-refractivity contribution >= 4 is 16.8 Å². The summed E-state index contributed by atoms with van der Waals surface area (Å²) in [7, 11) is 0. The van der Waals surface area contributed by atoms with E-state index in [1.165, 1.54) is 10.2 Å². The van der Waals surface area contributed by atoms with Crippen molar-refractivity contribution in [1.82, 2.24) is 24.5 Å². The summed E-state index contributed by atoms with van der Waals surface area (Å²) in [4.78, 5) is 28.3. The quantitative estimate of drug-likeness (QED) is 0.627. The third-order valence-corrected chi connectivity index (χ3v) is 6.05. The van der Waals surface area contributed by atoms with Gasteiger partial charge in [-0.3, -0.25) is 9.59 Å². The summed E-state index contributed by atoms with van der Waals surface area (Å²) in [5, 5.41) is 9.83. The molecule has 4 rings (SSSR count). The summed E-state index contributed by atoms with van der Waals surface area (Å²) < 4.78 is 8.69. The number of carbonyl (C=O) groups excluding carboxylic acids is 1. The molecular formula is C24H31N5O3. The fourth-order valence-corrected chi connectivity index (χ4v) is 4.29. The molecule has 3 heterocycles. The molecule has 3 aromatic rings. The summed E-state index contributed by atoms with van der Waals surface area (Å²) in [6, 6.07) is 5.99. The van der Waals surface area contributed by atoms with Crippen LogP contribution in [0.5, 0.6) is 0 Å². The SMILES string of the molecule is Cc1ccc(-n2ncc3c(C(C)C)nn(CC(=O)N4CC(C)OC(C)C4)c(=O)c32)cc1C. The molecule has 1 aliphatic rings. The number of ether oxygens (including phenoxy) is 1. The lowest BCUT2D eigenvalue weighted by atomic mass is 10.1. The van der Waals surface area contributed by atoms with Gasteiger partial charge in [0.15, 0.2) is 0 Å². The molecular weight excluding hydrogens is 406 g/mol. The van der Waals surface area contributed by atoms with Crippen LogP contribution in [-0.4, -0.2) is 55.7 Å². The van der Waals surface area contributed by atoms with Crippen LogP contribution in [0.25, 0.3) is 16.6 Å². The van der Waals surface area contributed by atoms with Crippen LogP contribution < -0.4 is 5.56 Å². The minimum atomic E-state index is -0.317. The van der Waals surface area contributed by atoms with Crippen LogP contribution in [0.4, 0.5) is 0 Å². The van der Waals surface area contributed by atoms with Crippen LogP contribution >= 0.6 is 0 Å². The fraction of sp³-hybridized carbons (Fsp3) is 0.500. The molecule has 1 amide bonds. The van der Waals surface area contributed by atoms with E-state index in [-0.39, 0.29) is 36.1 Å². The normalized spacial score (nSPS) is 19.2. The second kappa shape index (κ2) is 8.50. The highest BCUT2D eigenvalue weighted by molar-refractivity contribution is 5.82. The second-order valence-corrected chi connectivity index (χ2v) is 9.15. The Bertz CT molecular complexity index is 1220. The number of fused-ring (bicyclic) bond motifs is 1. The summed E-state index contributed by atoms with van der Waals surface area (Å²) in [5.41, 5.74) is 3.99. The highest BCUT2D eigenvalue weighted by atomic mass is 16.5. The number of carbonyl (C=O) groups is 1. The Morgan fingerprint density at radius 1 is 1.16 bits per heavy atom. The predicted octanol–water partition coefficient (Wildman–Crippen LogP) is 2.96. The van der Waals surface area contributed by atoms with Crippen LogP contribution in [0, 0.1) is 13.8 Å². The Kier molecular flexibility index (Phi) is 5.90. The van der Waals surface area contributed by atoms with Crippen LogP contribution in [0.2, 0.25) is 0 Å². The van der Waals surface area contributed by atoms with Crippen LogP contribution in [0.15, 0.2) is 29.2 Å². The molecule has 2 unspecified atom stereocenters. The van der Waals surface area contributed by atoms with E-state index < -0.39 is 0 Å². The van der Waals surface area contributed by atoms with Gasteiger partial charge >= 0.3 is 0 Å². The number of nitrogens with zero attached hydrogens (tertiary/aromatic N) is 5. The van der Waals surface area contributed by atoms with Crippen molar-refractivity contribution in [2.75, 3.05) is 13.1 Å². The lowest BCUT2D eigenvalue weighted by molar-refractivity contribution is -0.144. The molecule has 8 heteroatoms. The Balaban J connectivity index is 1.79. The maximum atomic E-state index is 13.5. The third kappa shape index (κ3) is 4.07. The average Bonchev–Trinajstić information content (AvgIpc) is 3.16. The number of aromatic nitrogens is 4. The highest BCUT2D eigenvalue weighted by Gasteiger charge is 2.27. The first-order valence-electron chi connectivity index (χ1n) is 11.1. The van der Waals surface area contributed by atoms with Gasteiger partial charge in [0.2, 0.25) is 5.91 Å². The summed E-state index contributed by atoms with van der Waals surface area (Å²) in [6.07, 6.45) is 1.63. The molecule has 0 bridgehead atoms. The zero-order chi connectivity index (χ0) is 23.2. The van der Waals surface area contributed by atoms with Crippen molar-refractivity contribution in [2.45, 2.75) is 66.2 Å². The standard InChI is InChI=1S/C24H31N5O3/c1-14(2)22-20-10-25-29(19-8-7-15(3)16(4)9-19)23(20)24(31)28(26-22)13-21(30)27-11-17(5)32-18(6)12-27/h7-10,14,17-18H,11-13H2,1-6H3. The molecule has 0 N–H and O–H groups in total. The van der Waals surface area contributed by atoms with Crippen molar-refractivity contribution in [3.05, 3.63) is 51.6 Å². The van der Waals surface area contributed by atoms with E-state index in [2.05, 4.69) is 10.2 Å². The number of morpholine rings is 1. The van der Waals surface area contributed by atoms with Gasteiger partial charge in [0, 0.05) is 18.5 Å². The maximum absolute atomic E-state index is 13.5. The van der Waals surface area contributed by atoms with E-state index in [0.717, 1.165) is 22.3 Å². The van der Waals surface area contributed by atoms with Gasteiger partial charge in [-0.05, 0) is 56.9 Å². The van der Waals surface area contributed by atoms with Crippen LogP contribution in [0.3, 0.4) is 0 Å². The number of benzene rings is 1. The molecule has 0 spiro atoms. The third-order valence-electron chi connectivity index (χ3n) is 6.05. The van der Waals surface area contributed by atoms with Crippen molar-refractivity contribution in [3.63, 3.8) is 0 Å². The van der Waals surface area contributed by atoms with Crippen molar-refractivity contribution in [2.24, 2.45) is 0 Å². The van der Waals surface area contributed by atoms with Crippen molar-refractivity contribution in [1.29, 1.82) is 0 Å². The van der Waals surface area contributed by atoms with E-state index in [1.54, 1.807) is 15.8 Å². The molecule has 1 fully saturated rings. The molecule has 32 heavy (non-hydrogen) atoms. The minimum absolute atomic E-state index is 0.0349. The monoisotopic (exact) mass is 437 g/mol. The summed E-state index contributed by atoms with van der Waals surface area (Å²) in [6.45, 7) is 13.0. The number of aryl methyl sites for hydroxylation is 2. The predicted molar refractivity (Wildman–Crippen MR) is 123 cm³/mol. The van der Waals surface area contributed by atoms with Gasteiger partial charge in [-0.25, -0.2) is 9.36 Å². The van der Waals surface area contributed by atoms with E-state index in [1.807, 2.05) is 59.7 Å². The lowest BCUT2D eigenvalue weighted by Crippen LogP contribution is -2.49. The van der Waals surface area contributed by atoms with Gasteiger partial charge in [0.05, 0.1) is 29.8 Å². The largest absolute Gasteiger partial charge is 0.372 e. The Hall–Kier alpha value is -3.00. The van der Waals surface area contributed by atoms with Gasteiger partial charge in [-0.1, -0.05) is 19.9 Å².